The van der Waals surface area contributed by atoms with Crippen LogP contribution < -0.4 is 5.32 Å². The molecule has 1 atom stereocenters. The molecule has 17 heavy (non-hydrogen) atoms. The van der Waals surface area contributed by atoms with Crippen molar-refractivity contribution >= 4 is 5.91 Å². The predicted octanol–water partition coefficient (Wildman–Crippen LogP) is 2.19. The number of aryl methyl sites for hydroxylation is 2. The Balaban J connectivity index is 2.91. The van der Waals surface area contributed by atoms with Gasteiger partial charge in [-0.2, -0.15) is 0 Å². The van der Waals surface area contributed by atoms with Crippen LogP contribution in [-0.2, 0) is 0 Å². The molecule has 1 unspecified atom stereocenters. The van der Waals surface area contributed by atoms with Crippen LogP contribution in [0.15, 0.2) is 18.2 Å². The largest absolute Gasteiger partial charge is 0.391 e. The zero-order chi connectivity index (χ0) is 13.2. The molecule has 1 aromatic carbocycles. The first-order valence-electron chi connectivity index (χ1n) is 5.82. The standard InChI is InChI=1S/C14H21NO2/c1-9-6-7-12(10(2)8-9)13(17)15-14(4,5)11(3)16/h6-8,11,16H,1-5H3,(H,15,17). The first kappa shape index (κ1) is 13.7. The fraction of sp³-hybridized carbons (Fsp3) is 0.500. The molecular weight excluding hydrogens is 214 g/mol. The lowest BCUT2D eigenvalue weighted by Gasteiger charge is -2.29. The van der Waals surface area contributed by atoms with Gasteiger partial charge in [0.2, 0.25) is 0 Å². The van der Waals surface area contributed by atoms with Gasteiger partial charge in [0, 0.05) is 5.56 Å². The maximum absolute atomic E-state index is 12.1. The smallest absolute Gasteiger partial charge is 0.252 e. The van der Waals surface area contributed by atoms with E-state index >= 15 is 0 Å². The second-order valence-corrected chi connectivity index (χ2v) is 5.17. The third-order valence-electron chi connectivity index (χ3n) is 3.11. The maximum atomic E-state index is 12.1. The molecule has 0 saturated carbocycles. The molecule has 0 aliphatic carbocycles. The quantitative estimate of drug-likeness (QED) is 0.843. The Bertz CT molecular complexity index is 422. The lowest BCUT2D eigenvalue weighted by atomic mass is 9.97. The summed E-state index contributed by atoms with van der Waals surface area (Å²) in [5, 5.41) is 12.4. The molecule has 2 N–H and O–H groups in total. The zero-order valence-corrected chi connectivity index (χ0v) is 11.2. The number of carbonyl (C=O) groups is 1. The number of carbonyl (C=O) groups excluding carboxylic acids is 1. The van der Waals surface area contributed by atoms with Gasteiger partial charge in [-0.3, -0.25) is 4.79 Å². The van der Waals surface area contributed by atoms with Crippen LogP contribution in [0, 0.1) is 13.8 Å². The molecule has 0 aliphatic heterocycles. The first-order chi connectivity index (χ1) is 7.74. The summed E-state index contributed by atoms with van der Waals surface area (Å²) in [4.78, 5) is 12.1. The van der Waals surface area contributed by atoms with Gasteiger partial charge in [-0.1, -0.05) is 17.7 Å². The van der Waals surface area contributed by atoms with Crippen molar-refractivity contribution in [2.45, 2.75) is 46.3 Å². The van der Waals surface area contributed by atoms with Crippen molar-refractivity contribution in [2.24, 2.45) is 0 Å². The molecule has 0 saturated heterocycles. The van der Waals surface area contributed by atoms with E-state index in [1.807, 2.05) is 32.0 Å². The van der Waals surface area contributed by atoms with Crippen molar-refractivity contribution in [1.29, 1.82) is 0 Å². The number of hydrogen-bond donors (Lipinski definition) is 2. The average molecular weight is 235 g/mol. The van der Waals surface area contributed by atoms with Gasteiger partial charge < -0.3 is 10.4 Å². The third-order valence-corrected chi connectivity index (χ3v) is 3.11. The summed E-state index contributed by atoms with van der Waals surface area (Å²) in [6.45, 7) is 9.19. The first-order valence-corrected chi connectivity index (χ1v) is 5.82. The van der Waals surface area contributed by atoms with E-state index < -0.39 is 11.6 Å². The number of aliphatic hydroxyl groups excluding tert-OH is 1. The highest BCUT2D eigenvalue weighted by Gasteiger charge is 2.26. The van der Waals surface area contributed by atoms with E-state index in [2.05, 4.69) is 5.32 Å². The fourth-order valence-electron chi connectivity index (χ4n) is 1.53. The van der Waals surface area contributed by atoms with Crippen molar-refractivity contribution < 1.29 is 9.90 Å². The van der Waals surface area contributed by atoms with E-state index in [0.717, 1.165) is 11.1 Å². The van der Waals surface area contributed by atoms with E-state index in [9.17, 15) is 9.90 Å². The highest BCUT2D eigenvalue weighted by Crippen LogP contribution is 2.14. The summed E-state index contributed by atoms with van der Waals surface area (Å²) < 4.78 is 0. The van der Waals surface area contributed by atoms with Crippen molar-refractivity contribution in [3.05, 3.63) is 34.9 Å². The van der Waals surface area contributed by atoms with Crippen molar-refractivity contribution in [2.75, 3.05) is 0 Å². The van der Waals surface area contributed by atoms with Crippen LogP contribution in [0.25, 0.3) is 0 Å². The number of hydrogen-bond acceptors (Lipinski definition) is 2. The Morgan fingerprint density at radius 3 is 2.41 bits per heavy atom. The molecule has 1 aromatic rings. The third kappa shape index (κ3) is 3.30. The molecule has 0 radical (unpaired) electrons. The Hall–Kier alpha value is -1.35. The van der Waals surface area contributed by atoms with Crippen LogP contribution in [0.3, 0.4) is 0 Å². The van der Waals surface area contributed by atoms with Gasteiger partial charge >= 0.3 is 0 Å². The van der Waals surface area contributed by atoms with Crippen molar-refractivity contribution in [3.63, 3.8) is 0 Å². The predicted molar refractivity (Wildman–Crippen MR) is 69.1 cm³/mol. The van der Waals surface area contributed by atoms with E-state index in [4.69, 9.17) is 0 Å². The van der Waals surface area contributed by atoms with Gasteiger partial charge in [-0.15, -0.1) is 0 Å². The van der Waals surface area contributed by atoms with Crippen LogP contribution in [-0.4, -0.2) is 22.7 Å². The van der Waals surface area contributed by atoms with Gasteiger partial charge in [0.25, 0.3) is 5.91 Å². The summed E-state index contributed by atoms with van der Waals surface area (Å²) in [6, 6.07) is 5.71. The highest BCUT2D eigenvalue weighted by molar-refractivity contribution is 5.96. The van der Waals surface area contributed by atoms with Crippen LogP contribution in [0.4, 0.5) is 0 Å². The molecule has 0 fully saturated rings. The topological polar surface area (TPSA) is 49.3 Å². The van der Waals surface area contributed by atoms with Gasteiger partial charge in [0.15, 0.2) is 0 Å². The number of benzene rings is 1. The summed E-state index contributed by atoms with van der Waals surface area (Å²) in [6.07, 6.45) is -0.600. The zero-order valence-electron chi connectivity index (χ0n) is 11.2. The lowest BCUT2D eigenvalue weighted by Crippen LogP contribution is -2.51. The van der Waals surface area contributed by atoms with Crippen LogP contribution in [0.5, 0.6) is 0 Å². The number of nitrogens with one attached hydrogen (secondary N) is 1. The molecule has 0 heterocycles. The molecule has 0 aromatic heterocycles. The second-order valence-electron chi connectivity index (χ2n) is 5.17. The molecule has 0 bridgehead atoms. The van der Waals surface area contributed by atoms with Gasteiger partial charge in [0.05, 0.1) is 11.6 Å². The molecule has 94 valence electrons. The molecule has 0 spiro atoms. The number of amides is 1. The minimum absolute atomic E-state index is 0.145. The van der Waals surface area contributed by atoms with Crippen LogP contribution >= 0.6 is 0 Å². The maximum Gasteiger partial charge on any atom is 0.252 e. The Morgan fingerprint density at radius 2 is 1.94 bits per heavy atom. The normalized spacial score (nSPS) is 13.3. The molecule has 1 rings (SSSR count). The Morgan fingerprint density at radius 1 is 1.35 bits per heavy atom. The highest BCUT2D eigenvalue weighted by atomic mass is 16.3. The summed E-state index contributed by atoms with van der Waals surface area (Å²) >= 11 is 0. The van der Waals surface area contributed by atoms with E-state index in [-0.39, 0.29) is 5.91 Å². The monoisotopic (exact) mass is 235 g/mol. The van der Waals surface area contributed by atoms with E-state index in [1.165, 1.54) is 0 Å². The average Bonchev–Trinajstić information content (AvgIpc) is 2.15. The van der Waals surface area contributed by atoms with Crippen molar-refractivity contribution in [1.82, 2.24) is 5.32 Å². The molecular formula is C14H21NO2. The summed E-state index contributed by atoms with van der Waals surface area (Å²) in [7, 11) is 0. The van der Waals surface area contributed by atoms with Gasteiger partial charge in [-0.05, 0) is 46.2 Å². The minimum atomic E-state index is -0.631. The SMILES string of the molecule is Cc1ccc(C(=O)NC(C)(C)C(C)O)c(C)c1. The summed E-state index contributed by atoms with van der Waals surface area (Å²) in [5.74, 6) is -0.145. The Labute approximate surface area is 103 Å². The number of rotatable bonds is 3. The van der Waals surface area contributed by atoms with Crippen molar-refractivity contribution in [3.8, 4) is 0 Å². The van der Waals surface area contributed by atoms with Crippen LogP contribution in [0.2, 0.25) is 0 Å². The molecule has 3 nitrogen and oxygen atoms in total. The number of aliphatic hydroxyl groups is 1. The second kappa shape index (κ2) is 4.88. The fourth-order valence-corrected chi connectivity index (χ4v) is 1.53. The molecule has 1 amide bonds. The molecule has 0 aliphatic rings. The van der Waals surface area contributed by atoms with Gasteiger partial charge in [-0.25, -0.2) is 0 Å². The Kier molecular flexibility index (Phi) is 3.94. The van der Waals surface area contributed by atoms with E-state index in [1.54, 1.807) is 20.8 Å². The van der Waals surface area contributed by atoms with Crippen LogP contribution in [0.1, 0.15) is 42.3 Å². The van der Waals surface area contributed by atoms with E-state index in [0.29, 0.717) is 5.56 Å². The lowest BCUT2D eigenvalue weighted by molar-refractivity contribution is 0.0709. The minimum Gasteiger partial charge on any atom is -0.391 e. The molecule has 3 heteroatoms. The summed E-state index contributed by atoms with van der Waals surface area (Å²) in [5.41, 5.74) is 2.11. The van der Waals surface area contributed by atoms with Gasteiger partial charge in [0.1, 0.15) is 0 Å².